The third-order valence-corrected chi connectivity index (χ3v) is 8.79. The van der Waals surface area contributed by atoms with E-state index in [2.05, 4.69) is 30.4 Å². The van der Waals surface area contributed by atoms with Gasteiger partial charge in [-0.1, -0.05) is 42.8 Å². The van der Waals surface area contributed by atoms with Crippen LogP contribution in [0.4, 0.5) is 0 Å². The van der Waals surface area contributed by atoms with Crippen LogP contribution in [0.25, 0.3) is 0 Å². The maximum absolute atomic E-state index is 13.2. The lowest BCUT2D eigenvalue weighted by molar-refractivity contribution is -0.126. The molecular formula is C26H34N2O3S. The van der Waals surface area contributed by atoms with Gasteiger partial charge in [0.1, 0.15) is 0 Å². The Kier molecular flexibility index (Phi) is 7.01. The molecule has 2 aliphatic rings. The van der Waals surface area contributed by atoms with Gasteiger partial charge >= 0.3 is 0 Å². The largest absolute Gasteiger partial charge is 0.349 e. The first-order valence-corrected chi connectivity index (χ1v) is 13.3. The molecule has 0 unspecified atom stereocenters. The van der Waals surface area contributed by atoms with Gasteiger partial charge in [-0.2, -0.15) is 4.31 Å². The smallest absolute Gasteiger partial charge is 0.243 e. The van der Waals surface area contributed by atoms with Crippen molar-refractivity contribution in [1.82, 2.24) is 9.62 Å². The van der Waals surface area contributed by atoms with E-state index in [1.54, 1.807) is 12.1 Å². The van der Waals surface area contributed by atoms with Crippen LogP contribution in [0.15, 0.2) is 47.4 Å². The van der Waals surface area contributed by atoms with Crippen LogP contribution in [0.5, 0.6) is 0 Å². The molecule has 0 bridgehead atoms. The minimum Gasteiger partial charge on any atom is -0.349 e. The molecule has 2 aromatic carbocycles. The van der Waals surface area contributed by atoms with Crippen molar-refractivity contribution in [3.8, 4) is 0 Å². The third kappa shape index (κ3) is 4.91. The summed E-state index contributed by atoms with van der Waals surface area (Å²) in [4.78, 5) is 13.4. The summed E-state index contributed by atoms with van der Waals surface area (Å²) in [6.07, 6.45) is 6.96. The van der Waals surface area contributed by atoms with E-state index in [1.807, 2.05) is 19.1 Å². The Morgan fingerprint density at radius 3 is 2.50 bits per heavy atom. The van der Waals surface area contributed by atoms with Gasteiger partial charge in [-0.3, -0.25) is 4.79 Å². The zero-order chi connectivity index (χ0) is 22.7. The van der Waals surface area contributed by atoms with Crippen molar-refractivity contribution in [1.29, 1.82) is 0 Å². The van der Waals surface area contributed by atoms with E-state index in [4.69, 9.17) is 0 Å². The highest BCUT2D eigenvalue weighted by atomic mass is 32.2. The van der Waals surface area contributed by atoms with Crippen molar-refractivity contribution in [2.24, 2.45) is 5.92 Å². The molecule has 0 spiro atoms. The third-order valence-electron chi connectivity index (χ3n) is 6.91. The van der Waals surface area contributed by atoms with E-state index in [0.29, 0.717) is 24.3 Å². The predicted octanol–water partition coefficient (Wildman–Crippen LogP) is 4.54. The Morgan fingerprint density at radius 1 is 1.06 bits per heavy atom. The number of carbonyl (C=O) groups excluding carboxylic acids is 1. The van der Waals surface area contributed by atoms with Gasteiger partial charge in [0.15, 0.2) is 0 Å². The number of sulfonamides is 1. The van der Waals surface area contributed by atoms with Gasteiger partial charge in [-0.25, -0.2) is 8.42 Å². The molecule has 1 N–H and O–H groups in total. The zero-order valence-corrected chi connectivity index (χ0v) is 20.0. The van der Waals surface area contributed by atoms with Crippen LogP contribution in [-0.4, -0.2) is 31.7 Å². The lowest BCUT2D eigenvalue weighted by Crippen LogP contribution is -2.46. The number of benzene rings is 2. The highest BCUT2D eigenvalue weighted by molar-refractivity contribution is 7.89. The molecule has 0 radical (unpaired) electrons. The monoisotopic (exact) mass is 454 g/mol. The molecule has 6 heteroatoms. The summed E-state index contributed by atoms with van der Waals surface area (Å²) in [6, 6.07) is 13.5. The van der Waals surface area contributed by atoms with Crippen LogP contribution in [0.3, 0.4) is 0 Å². The zero-order valence-electron chi connectivity index (χ0n) is 19.1. The lowest BCUT2D eigenvalue weighted by atomic mass is 9.88. The second-order valence-corrected chi connectivity index (χ2v) is 11.2. The number of hydrogen-bond donors (Lipinski definition) is 1. The summed E-state index contributed by atoms with van der Waals surface area (Å²) in [6.45, 7) is 4.72. The van der Waals surface area contributed by atoms with Crippen molar-refractivity contribution in [3.05, 3.63) is 64.7 Å². The van der Waals surface area contributed by atoms with Crippen LogP contribution >= 0.6 is 0 Å². The molecule has 32 heavy (non-hydrogen) atoms. The van der Waals surface area contributed by atoms with Crippen LogP contribution in [0.1, 0.15) is 67.3 Å². The Bertz CT molecular complexity index is 1060. The SMILES string of the molecule is CC[C@H](NC(=O)[C@H]1CCCN(S(=O)(=O)c2ccc(C)cc2)C1)c1ccc2c(c1)CCCC2. The number of amides is 1. The lowest BCUT2D eigenvalue weighted by Gasteiger charge is -2.32. The summed E-state index contributed by atoms with van der Waals surface area (Å²) < 4.78 is 27.7. The van der Waals surface area contributed by atoms with E-state index in [0.717, 1.165) is 30.4 Å². The first-order valence-electron chi connectivity index (χ1n) is 11.9. The van der Waals surface area contributed by atoms with Crippen LogP contribution in [0.2, 0.25) is 0 Å². The van der Waals surface area contributed by atoms with Crippen molar-refractivity contribution in [2.75, 3.05) is 13.1 Å². The van der Waals surface area contributed by atoms with E-state index < -0.39 is 10.0 Å². The molecule has 1 aliphatic carbocycles. The van der Waals surface area contributed by atoms with E-state index in [-0.39, 0.29) is 24.4 Å². The molecule has 2 atom stereocenters. The normalized spacial score (nSPS) is 20.4. The number of aryl methyl sites for hydroxylation is 3. The number of carbonyl (C=O) groups is 1. The Morgan fingerprint density at radius 2 is 1.78 bits per heavy atom. The molecule has 5 nitrogen and oxygen atoms in total. The second kappa shape index (κ2) is 9.75. The summed E-state index contributed by atoms with van der Waals surface area (Å²) in [5.74, 6) is -0.367. The Balaban J connectivity index is 1.45. The average molecular weight is 455 g/mol. The van der Waals surface area contributed by atoms with Gasteiger partial charge in [0.2, 0.25) is 15.9 Å². The number of fused-ring (bicyclic) bond motifs is 1. The number of rotatable bonds is 6. The van der Waals surface area contributed by atoms with Crippen LogP contribution < -0.4 is 5.32 Å². The fourth-order valence-corrected chi connectivity index (χ4v) is 6.44. The molecule has 0 aromatic heterocycles. The maximum atomic E-state index is 13.2. The summed E-state index contributed by atoms with van der Waals surface area (Å²) >= 11 is 0. The van der Waals surface area contributed by atoms with Crippen molar-refractivity contribution in [2.45, 2.75) is 69.7 Å². The van der Waals surface area contributed by atoms with Gasteiger partial charge in [0.25, 0.3) is 0 Å². The maximum Gasteiger partial charge on any atom is 0.243 e. The van der Waals surface area contributed by atoms with Crippen molar-refractivity contribution < 1.29 is 13.2 Å². The number of nitrogens with one attached hydrogen (secondary N) is 1. The van der Waals surface area contributed by atoms with Gasteiger partial charge in [0.05, 0.1) is 16.9 Å². The van der Waals surface area contributed by atoms with Crippen LogP contribution in [-0.2, 0) is 27.7 Å². The summed E-state index contributed by atoms with van der Waals surface area (Å²) in [5, 5.41) is 3.22. The first-order chi connectivity index (χ1) is 15.4. The highest BCUT2D eigenvalue weighted by Crippen LogP contribution is 2.28. The fourth-order valence-electron chi connectivity index (χ4n) is 4.91. The summed E-state index contributed by atoms with van der Waals surface area (Å²) in [7, 11) is -3.59. The number of hydrogen-bond acceptors (Lipinski definition) is 3. The minimum absolute atomic E-state index is 0.0428. The molecule has 2 aromatic rings. The minimum atomic E-state index is -3.59. The average Bonchev–Trinajstić information content (AvgIpc) is 2.82. The highest BCUT2D eigenvalue weighted by Gasteiger charge is 2.34. The second-order valence-electron chi connectivity index (χ2n) is 9.22. The van der Waals surface area contributed by atoms with Gasteiger partial charge in [-0.15, -0.1) is 0 Å². The Hall–Kier alpha value is -2.18. The molecule has 1 heterocycles. The Labute approximate surface area is 192 Å². The van der Waals surface area contributed by atoms with Crippen LogP contribution in [0, 0.1) is 12.8 Å². The van der Waals surface area contributed by atoms with E-state index in [9.17, 15) is 13.2 Å². The molecule has 172 valence electrons. The van der Waals surface area contributed by atoms with E-state index in [1.165, 1.54) is 28.3 Å². The van der Waals surface area contributed by atoms with Crippen molar-refractivity contribution >= 4 is 15.9 Å². The molecule has 0 saturated carbocycles. The quantitative estimate of drug-likeness (QED) is 0.697. The molecule has 1 saturated heterocycles. The van der Waals surface area contributed by atoms with Gasteiger partial charge in [0, 0.05) is 13.1 Å². The first kappa shape index (κ1) is 23.0. The predicted molar refractivity (Wildman–Crippen MR) is 127 cm³/mol. The number of nitrogens with zero attached hydrogens (tertiary/aromatic N) is 1. The topological polar surface area (TPSA) is 66.5 Å². The van der Waals surface area contributed by atoms with Gasteiger partial charge in [-0.05, 0) is 80.7 Å². The summed E-state index contributed by atoms with van der Waals surface area (Å²) in [5.41, 5.74) is 5.02. The standard InChI is InChI=1S/C26H34N2O3S/c1-3-25(22-13-12-20-7-4-5-8-21(20)17-22)27-26(29)23-9-6-16-28(18-23)32(30,31)24-14-10-19(2)11-15-24/h10-15,17,23,25H,3-9,16,18H2,1-2H3,(H,27,29)/t23-,25-/m0/s1. The molecule has 4 rings (SSSR count). The molecular weight excluding hydrogens is 420 g/mol. The molecule has 1 aliphatic heterocycles. The molecule has 1 fully saturated rings. The van der Waals surface area contributed by atoms with Gasteiger partial charge < -0.3 is 5.32 Å². The fraction of sp³-hybridized carbons (Fsp3) is 0.500. The number of piperidine rings is 1. The van der Waals surface area contributed by atoms with E-state index >= 15 is 0 Å². The molecule has 1 amide bonds. The van der Waals surface area contributed by atoms with Crippen molar-refractivity contribution in [3.63, 3.8) is 0 Å².